The molecule has 0 N–H and O–H groups in total. The Balaban J connectivity index is 2.35. The SMILES string of the molecule is CC1C[C@@H]1c1ncnnc1C=O. The van der Waals surface area contributed by atoms with E-state index in [-0.39, 0.29) is 0 Å². The molecule has 12 heavy (non-hydrogen) atoms. The van der Waals surface area contributed by atoms with Crippen LogP contribution in [0.3, 0.4) is 0 Å². The number of aromatic nitrogens is 3. The average Bonchev–Trinajstić information content (AvgIpc) is 2.83. The highest BCUT2D eigenvalue weighted by atomic mass is 16.1. The fourth-order valence-electron chi connectivity index (χ4n) is 1.37. The van der Waals surface area contributed by atoms with Crippen LogP contribution in [0.1, 0.15) is 35.4 Å². The molecule has 0 radical (unpaired) electrons. The molecule has 1 aliphatic rings. The molecule has 0 aromatic carbocycles. The summed E-state index contributed by atoms with van der Waals surface area (Å²) in [6.45, 7) is 2.14. The summed E-state index contributed by atoms with van der Waals surface area (Å²) in [4.78, 5) is 14.6. The monoisotopic (exact) mass is 163 g/mol. The van der Waals surface area contributed by atoms with E-state index in [0.717, 1.165) is 18.4 Å². The predicted molar refractivity (Wildman–Crippen MR) is 41.7 cm³/mol. The number of rotatable bonds is 2. The Morgan fingerprint density at radius 1 is 1.67 bits per heavy atom. The van der Waals surface area contributed by atoms with Gasteiger partial charge in [0.1, 0.15) is 12.0 Å². The van der Waals surface area contributed by atoms with Gasteiger partial charge in [0.05, 0.1) is 5.69 Å². The van der Waals surface area contributed by atoms with Crippen LogP contribution < -0.4 is 0 Å². The highest BCUT2D eigenvalue weighted by Gasteiger charge is 2.37. The molecule has 0 saturated heterocycles. The van der Waals surface area contributed by atoms with Crippen molar-refractivity contribution in [1.29, 1.82) is 0 Å². The zero-order valence-electron chi connectivity index (χ0n) is 6.77. The molecule has 1 aliphatic carbocycles. The minimum absolute atomic E-state index is 0.395. The number of aldehydes is 1. The molecule has 0 amide bonds. The molecule has 2 rings (SSSR count). The molecule has 0 aliphatic heterocycles. The molecule has 1 unspecified atom stereocenters. The maximum Gasteiger partial charge on any atom is 0.172 e. The van der Waals surface area contributed by atoms with E-state index < -0.39 is 0 Å². The number of hydrogen-bond acceptors (Lipinski definition) is 4. The van der Waals surface area contributed by atoms with Crippen molar-refractivity contribution >= 4 is 6.29 Å². The Morgan fingerprint density at radius 2 is 2.42 bits per heavy atom. The lowest BCUT2D eigenvalue weighted by atomic mass is 10.2. The van der Waals surface area contributed by atoms with E-state index in [9.17, 15) is 4.79 Å². The van der Waals surface area contributed by atoms with Crippen LogP contribution in [0, 0.1) is 5.92 Å². The summed E-state index contributed by atoms with van der Waals surface area (Å²) in [5.74, 6) is 1.07. The second-order valence-electron chi connectivity index (χ2n) is 3.17. The number of carbonyl (C=O) groups excluding carboxylic acids is 1. The first kappa shape index (κ1) is 7.34. The van der Waals surface area contributed by atoms with Crippen LogP contribution >= 0.6 is 0 Å². The molecular formula is C8H9N3O. The maximum atomic E-state index is 10.5. The third-order valence-electron chi connectivity index (χ3n) is 2.25. The second-order valence-corrected chi connectivity index (χ2v) is 3.17. The fourth-order valence-corrected chi connectivity index (χ4v) is 1.37. The Morgan fingerprint density at radius 3 is 3.00 bits per heavy atom. The van der Waals surface area contributed by atoms with E-state index in [0.29, 0.717) is 17.5 Å². The first-order chi connectivity index (χ1) is 5.83. The van der Waals surface area contributed by atoms with E-state index >= 15 is 0 Å². The molecule has 1 aromatic heterocycles. The van der Waals surface area contributed by atoms with Gasteiger partial charge in [0.15, 0.2) is 6.29 Å². The summed E-state index contributed by atoms with van der Waals surface area (Å²) in [7, 11) is 0. The van der Waals surface area contributed by atoms with E-state index in [1.165, 1.54) is 6.33 Å². The predicted octanol–water partition coefficient (Wildman–Crippen LogP) is 0.807. The molecule has 0 spiro atoms. The van der Waals surface area contributed by atoms with Crippen LogP contribution in [-0.2, 0) is 0 Å². The Hall–Kier alpha value is -1.32. The van der Waals surface area contributed by atoms with Gasteiger partial charge < -0.3 is 0 Å². The van der Waals surface area contributed by atoms with E-state index in [2.05, 4.69) is 22.1 Å². The van der Waals surface area contributed by atoms with Gasteiger partial charge >= 0.3 is 0 Å². The lowest BCUT2D eigenvalue weighted by Gasteiger charge is -1.97. The topological polar surface area (TPSA) is 55.7 Å². The Kier molecular flexibility index (Phi) is 1.60. The van der Waals surface area contributed by atoms with Crippen molar-refractivity contribution in [3.63, 3.8) is 0 Å². The molecule has 1 saturated carbocycles. The third kappa shape index (κ3) is 1.09. The van der Waals surface area contributed by atoms with Crippen molar-refractivity contribution in [3.8, 4) is 0 Å². The smallest absolute Gasteiger partial charge is 0.172 e. The van der Waals surface area contributed by atoms with Gasteiger partial charge in [-0.05, 0) is 12.3 Å². The summed E-state index contributed by atoms with van der Waals surface area (Å²) >= 11 is 0. The Labute approximate surface area is 70.0 Å². The molecular weight excluding hydrogens is 154 g/mol. The Bertz CT molecular complexity index is 313. The normalized spacial score (nSPS) is 26.8. The molecule has 0 bridgehead atoms. The first-order valence-corrected chi connectivity index (χ1v) is 3.95. The highest BCUT2D eigenvalue weighted by molar-refractivity contribution is 5.73. The van der Waals surface area contributed by atoms with Crippen molar-refractivity contribution < 1.29 is 4.79 Å². The minimum Gasteiger partial charge on any atom is -0.296 e. The van der Waals surface area contributed by atoms with Gasteiger partial charge in [0.25, 0.3) is 0 Å². The molecule has 4 heteroatoms. The molecule has 1 heterocycles. The largest absolute Gasteiger partial charge is 0.296 e. The number of hydrogen-bond donors (Lipinski definition) is 0. The average molecular weight is 163 g/mol. The second kappa shape index (κ2) is 2.62. The molecule has 1 aromatic rings. The van der Waals surface area contributed by atoms with Gasteiger partial charge in [-0.3, -0.25) is 4.79 Å². The van der Waals surface area contributed by atoms with Gasteiger partial charge in [-0.1, -0.05) is 6.92 Å². The zero-order valence-corrected chi connectivity index (χ0v) is 6.77. The van der Waals surface area contributed by atoms with Gasteiger partial charge in [-0.2, -0.15) is 0 Å². The molecule has 4 nitrogen and oxygen atoms in total. The standard InChI is InChI=1S/C8H9N3O/c1-5-2-6(5)8-7(3-12)11-10-4-9-8/h3-6H,2H2,1H3/t5?,6-/m0/s1. The van der Waals surface area contributed by atoms with Crippen LogP contribution in [0.2, 0.25) is 0 Å². The minimum atomic E-state index is 0.395. The van der Waals surface area contributed by atoms with E-state index in [1.54, 1.807) is 0 Å². The zero-order chi connectivity index (χ0) is 8.55. The van der Waals surface area contributed by atoms with Gasteiger partial charge in [0, 0.05) is 5.92 Å². The lowest BCUT2D eigenvalue weighted by molar-refractivity contribution is 0.111. The van der Waals surface area contributed by atoms with E-state index in [4.69, 9.17) is 0 Å². The van der Waals surface area contributed by atoms with Gasteiger partial charge in [-0.15, -0.1) is 10.2 Å². The number of nitrogens with zero attached hydrogens (tertiary/aromatic N) is 3. The van der Waals surface area contributed by atoms with Gasteiger partial charge in [-0.25, -0.2) is 4.98 Å². The molecule has 2 atom stereocenters. The summed E-state index contributed by atoms with van der Waals surface area (Å²) < 4.78 is 0. The van der Waals surface area contributed by atoms with Crippen LogP contribution in [-0.4, -0.2) is 21.5 Å². The van der Waals surface area contributed by atoms with Crippen molar-refractivity contribution in [1.82, 2.24) is 15.2 Å². The van der Waals surface area contributed by atoms with Crippen molar-refractivity contribution in [2.24, 2.45) is 5.92 Å². The van der Waals surface area contributed by atoms with Crippen LogP contribution in [0.15, 0.2) is 6.33 Å². The highest BCUT2D eigenvalue weighted by Crippen LogP contribution is 2.46. The van der Waals surface area contributed by atoms with Crippen molar-refractivity contribution in [3.05, 3.63) is 17.7 Å². The quantitative estimate of drug-likeness (QED) is 0.605. The molecule has 62 valence electrons. The van der Waals surface area contributed by atoms with Crippen molar-refractivity contribution in [2.45, 2.75) is 19.3 Å². The summed E-state index contributed by atoms with van der Waals surface area (Å²) in [6.07, 6.45) is 3.23. The summed E-state index contributed by atoms with van der Waals surface area (Å²) in [5, 5.41) is 7.27. The molecule has 1 fully saturated rings. The van der Waals surface area contributed by atoms with Crippen LogP contribution in [0.25, 0.3) is 0 Å². The number of carbonyl (C=O) groups is 1. The van der Waals surface area contributed by atoms with Crippen molar-refractivity contribution in [2.75, 3.05) is 0 Å². The van der Waals surface area contributed by atoms with E-state index in [1.807, 2.05) is 0 Å². The lowest BCUT2D eigenvalue weighted by Crippen LogP contribution is -2.00. The fraction of sp³-hybridized carbons (Fsp3) is 0.500. The summed E-state index contributed by atoms with van der Waals surface area (Å²) in [5.41, 5.74) is 1.21. The maximum absolute atomic E-state index is 10.5. The van der Waals surface area contributed by atoms with Crippen LogP contribution in [0.5, 0.6) is 0 Å². The van der Waals surface area contributed by atoms with Gasteiger partial charge in [0.2, 0.25) is 0 Å². The first-order valence-electron chi connectivity index (χ1n) is 3.95. The summed E-state index contributed by atoms with van der Waals surface area (Å²) in [6, 6.07) is 0. The third-order valence-corrected chi connectivity index (χ3v) is 2.25. The van der Waals surface area contributed by atoms with Crippen LogP contribution in [0.4, 0.5) is 0 Å².